The molecule has 7 nitrogen and oxygen atoms in total. The van der Waals surface area contributed by atoms with Crippen LogP contribution >= 0.6 is 0 Å². The van der Waals surface area contributed by atoms with Crippen molar-refractivity contribution in [3.63, 3.8) is 0 Å². The van der Waals surface area contributed by atoms with Crippen molar-refractivity contribution in [1.29, 1.82) is 0 Å². The smallest absolute Gasteiger partial charge is 0.228 e. The van der Waals surface area contributed by atoms with Gasteiger partial charge in [0, 0.05) is 25.2 Å². The van der Waals surface area contributed by atoms with E-state index in [9.17, 15) is 13.2 Å². The number of rotatable bonds is 6. The highest BCUT2D eigenvalue weighted by Crippen LogP contribution is 2.18. The first-order chi connectivity index (χ1) is 10.4. The van der Waals surface area contributed by atoms with Gasteiger partial charge in [-0.1, -0.05) is 6.07 Å². The fourth-order valence-electron chi connectivity index (χ4n) is 2.47. The SMILES string of the molecule is CS(=O)(=O)NCCN1CCC(C(=O)Nc2ccccn2)CC1. The van der Waals surface area contributed by atoms with Crippen LogP contribution in [0.5, 0.6) is 0 Å². The van der Waals surface area contributed by atoms with Crippen LogP contribution in [0.1, 0.15) is 12.8 Å². The van der Waals surface area contributed by atoms with E-state index in [1.807, 2.05) is 6.07 Å². The molecule has 0 aromatic carbocycles. The van der Waals surface area contributed by atoms with E-state index in [-0.39, 0.29) is 11.8 Å². The van der Waals surface area contributed by atoms with Crippen LogP contribution in [0.15, 0.2) is 24.4 Å². The second-order valence-corrected chi connectivity index (χ2v) is 7.32. The minimum atomic E-state index is -3.13. The summed E-state index contributed by atoms with van der Waals surface area (Å²) in [5.74, 6) is 0.570. The molecule has 8 heteroatoms. The first-order valence-corrected chi connectivity index (χ1v) is 9.22. The largest absolute Gasteiger partial charge is 0.310 e. The molecule has 0 saturated carbocycles. The summed E-state index contributed by atoms with van der Waals surface area (Å²) in [6.07, 6.45) is 4.35. The Morgan fingerprint density at radius 1 is 1.36 bits per heavy atom. The summed E-state index contributed by atoms with van der Waals surface area (Å²) >= 11 is 0. The Kier molecular flexibility index (Phi) is 5.87. The third-order valence-electron chi connectivity index (χ3n) is 3.67. The number of nitrogens with one attached hydrogen (secondary N) is 2. The number of hydrogen-bond donors (Lipinski definition) is 2. The minimum Gasteiger partial charge on any atom is -0.310 e. The number of sulfonamides is 1. The van der Waals surface area contributed by atoms with E-state index in [0.717, 1.165) is 32.2 Å². The van der Waals surface area contributed by atoms with Gasteiger partial charge in [-0.15, -0.1) is 0 Å². The number of hydrogen-bond acceptors (Lipinski definition) is 5. The van der Waals surface area contributed by atoms with Crippen molar-refractivity contribution >= 4 is 21.7 Å². The number of piperidine rings is 1. The Bertz CT molecular complexity index is 583. The van der Waals surface area contributed by atoms with Crippen molar-refractivity contribution in [2.24, 2.45) is 5.92 Å². The van der Waals surface area contributed by atoms with Gasteiger partial charge < -0.3 is 10.2 Å². The van der Waals surface area contributed by atoms with Gasteiger partial charge in [-0.05, 0) is 38.1 Å². The highest BCUT2D eigenvalue weighted by molar-refractivity contribution is 7.88. The van der Waals surface area contributed by atoms with Gasteiger partial charge in [0.2, 0.25) is 15.9 Å². The van der Waals surface area contributed by atoms with Gasteiger partial charge in [0.25, 0.3) is 0 Å². The molecule has 1 aromatic rings. The topological polar surface area (TPSA) is 91.4 Å². The lowest BCUT2D eigenvalue weighted by Gasteiger charge is -2.31. The normalized spacial score (nSPS) is 17.3. The quantitative estimate of drug-likeness (QED) is 0.783. The van der Waals surface area contributed by atoms with E-state index >= 15 is 0 Å². The van der Waals surface area contributed by atoms with Crippen LogP contribution in [0.2, 0.25) is 0 Å². The number of nitrogens with zero attached hydrogens (tertiary/aromatic N) is 2. The number of pyridine rings is 1. The highest BCUT2D eigenvalue weighted by atomic mass is 32.2. The summed E-state index contributed by atoms with van der Waals surface area (Å²) in [5.41, 5.74) is 0. The third-order valence-corrected chi connectivity index (χ3v) is 4.40. The third kappa shape index (κ3) is 5.70. The zero-order chi connectivity index (χ0) is 16.0. The van der Waals surface area contributed by atoms with Crippen LogP contribution in [-0.4, -0.2) is 56.6 Å². The van der Waals surface area contributed by atoms with E-state index in [1.165, 1.54) is 0 Å². The number of carbonyl (C=O) groups is 1. The van der Waals surface area contributed by atoms with Crippen LogP contribution in [-0.2, 0) is 14.8 Å². The van der Waals surface area contributed by atoms with Crippen LogP contribution in [0.3, 0.4) is 0 Å². The van der Waals surface area contributed by atoms with Gasteiger partial charge >= 0.3 is 0 Å². The average molecular weight is 326 g/mol. The van der Waals surface area contributed by atoms with Crippen molar-refractivity contribution in [2.45, 2.75) is 12.8 Å². The highest BCUT2D eigenvalue weighted by Gasteiger charge is 2.25. The Morgan fingerprint density at radius 2 is 2.09 bits per heavy atom. The molecule has 0 atom stereocenters. The fourth-order valence-corrected chi connectivity index (χ4v) is 2.93. The molecule has 2 heterocycles. The van der Waals surface area contributed by atoms with E-state index < -0.39 is 10.0 Å². The summed E-state index contributed by atoms with van der Waals surface area (Å²) in [7, 11) is -3.13. The van der Waals surface area contributed by atoms with Gasteiger partial charge in [0.05, 0.1) is 6.26 Å². The molecular weight excluding hydrogens is 304 g/mol. The van der Waals surface area contributed by atoms with Crippen molar-refractivity contribution in [3.05, 3.63) is 24.4 Å². The lowest BCUT2D eigenvalue weighted by atomic mass is 9.96. The first kappa shape index (κ1) is 16.9. The molecular formula is C14H22N4O3S. The van der Waals surface area contributed by atoms with Gasteiger partial charge in [0.1, 0.15) is 5.82 Å². The zero-order valence-corrected chi connectivity index (χ0v) is 13.5. The standard InChI is InChI=1S/C14H22N4O3S/c1-22(20,21)16-8-11-18-9-5-12(6-10-18)14(19)17-13-4-2-3-7-15-13/h2-4,7,12,16H,5-6,8-11H2,1H3,(H,15,17,19). The zero-order valence-electron chi connectivity index (χ0n) is 12.7. The molecule has 1 aliphatic rings. The maximum atomic E-state index is 12.2. The van der Waals surface area contributed by atoms with Crippen molar-refractivity contribution < 1.29 is 13.2 Å². The van der Waals surface area contributed by atoms with Crippen molar-refractivity contribution in [3.8, 4) is 0 Å². The maximum Gasteiger partial charge on any atom is 0.228 e. The summed E-state index contributed by atoms with van der Waals surface area (Å²) in [6.45, 7) is 2.67. The fraction of sp³-hybridized carbons (Fsp3) is 0.571. The molecule has 2 N–H and O–H groups in total. The van der Waals surface area contributed by atoms with E-state index in [2.05, 4.69) is 19.9 Å². The summed E-state index contributed by atoms with van der Waals surface area (Å²) < 4.78 is 24.5. The van der Waals surface area contributed by atoms with Gasteiger partial charge in [-0.25, -0.2) is 18.1 Å². The average Bonchev–Trinajstić information content (AvgIpc) is 2.47. The van der Waals surface area contributed by atoms with E-state index in [1.54, 1.807) is 18.3 Å². The Balaban J connectivity index is 1.71. The maximum absolute atomic E-state index is 12.2. The summed E-state index contributed by atoms with van der Waals surface area (Å²) in [5, 5.41) is 2.83. The van der Waals surface area contributed by atoms with Crippen LogP contribution < -0.4 is 10.0 Å². The van der Waals surface area contributed by atoms with Crippen LogP contribution in [0, 0.1) is 5.92 Å². The monoisotopic (exact) mass is 326 g/mol. The Morgan fingerprint density at radius 3 is 2.68 bits per heavy atom. The van der Waals surface area contributed by atoms with E-state index in [0.29, 0.717) is 18.9 Å². The molecule has 1 aromatic heterocycles. The number of carbonyl (C=O) groups excluding carboxylic acids is 1. The molecule has 1 aliphatic heterocycles. The lowest BCUT2D eigenvalue weighted by Crippen LogP contribution is -2.41. The predicted molar refractivity (Wildman–Crippen MR) is 84.9 cm³/mol. The number of aromatic nitrogens is 1. The molecule has 0 bridgehead atoms. The number of amides is 1. The van der Waals surface area contributed by atoms with Crippen LogP contribution in [0.25, 0.3) is 0 Å². The molecule has 0 spiro atoms. The number of likely N-dealkylation sites (tertiary alicyclic amines) is 1. The second kappa shape index (κ2) is 7.66. The lowest BCUT2D eigenvalue weighted by molar-refractivity contribution is -0.121. The first-order valence-electron chi connectivity index (χ1n) is 7.33. The molecule has 22 heavy (non-hydrogen) atoms. The Labute approximate surface area is 131 Å². The molecule has 0 aliphatic carbocycles. The van der Waals surface area contributed by atoms with Crippen molar-refractivity contribution in [2.75, 3.05) is 37.8 Å². The van der Waals surface area contributed by atoms with Gasteiger partial charge in [-0.3, -0.25) is 4.79 Å². The molecule has 1 saturated heterocycles. The minimum absolute atomic E-state index is 0.00705. The molecule has 122 valence electrons. The van der Waals surface area contributed by atoms with Gasteiger partial charge in [-0.2, -0.15) is 0 Å². The molecule has 1 fully saturated rings. The van der Waals surface area contributed by atoms with Gasteiger partial charge in [0.15, 0.2) is 0 Å². The molecule has 1 amide bonds. The van der Waals surface area contributed by atoms with Crippen LogP contribution in [0.4, 0.5) is 5.82 Å². The molecule has 2 rings (SSSR count). The second-order valence-electron chi connectivity index (χ2n) is 5.49. The Hall–Kier alpha value is -1.51. The number of anilines is 1. The molecule has 0 radical (unpaired) electrons. The summed E-state index contributed by atoms with van der Waals surface area (Å²) in [4.78, 5) is 18.4. The van der Waals surface area contributed by atoms with Crippen molar-refractivity contribution in [1.82, 2.24) is 14.6 Å². The summed E-state index contributed by atoms with van der Waals surface area (Å²) in [6, 6.07) is 5.41. The molecule has 0 unspecified atom stereocenters. The van der Waals surface area contributed by atoms with E-state index in [4.69, 9.17) is 0 Å². The predicted octanol–water partition coefficient (Wildman–Crippen LogP) is 0.281.